The highest BCUT2D eigenvalue weighted by Gasteiger charge is 2.50. The van der Waals surface area contributed by atoms with Gasteiger partial charge in [0.2, 0.25) is 0 Å². The summed E-state index contributed by atoms with van der Waals surface area (Å²) in [4.78, 5) is 56.7. The van der Waals surface area contributed by atoms with E-state index < -0.39 is 83.4 Å². The number of benzene rings is 2. The number of carbonyl (C=O) groups excluding carboxylic acids is 4. The predicted molar refractivity (Wildman–Crippen MR) is 223 cm³/mol. The molecule has 0 aromatic heterocycles. The number of ketones is 1. The van der Waals surface area contributed by atoms with Crippen molar-refractivity contribution in [1.29, 1.82) is 0 Å². The summed E-state index contributed by atoms with van der Waals surface area (Å²) in [5, 5.41) is 49.3. The summed E-state index contributed by atoms with van der Waals surface area (Å²) >= 11 is 0. The number of esters is 1. The first-order valence-electron chi connectivity index (χ1n) is 20.3. The number of nitrogens with zero attached hydrogens (tertiary/aromatic N) is 2. The lowest BCUT2D eigenvalue weighted by atomic mass is 9.78. The van der Waals surface area contributed by atoms with Gasteiger partial charge in [-0.3, -0.25) is 14.4 Å². The summed E-state index contributed by atoms with van der Waals surface area (Å²) in [5.41, 5.74) is 0.730. The third kappa shape index (κ3) is 8.91. The Labute approximate surface area is 350 Å². The molecule has 60 heavy (non-hydrogen) atoms. The summed E-state index contributed by atoms with van der Waals surface area (Å²) in [6.45, 7) is 15.7. The van der Waals surface area contributed by atoms with Gasteiger partial charge in [0.15, 0.2) is 5.75 Å². The maximum atomic E-state index is 14.6. The van der Waals surface area contributed by atoms with E-state index in [4.69, 9.17) is 23.7 Å². The Hall–Kier alpha value is -5.32. The van der Waals surface area contributed by atoms with Crippen molar-refractivity contribution in [1.82, 2.24) is 4.90 Å². The van der Waals surface area contributed by atoms with Crippen LogP contribution in [0.2, 0.25) is 0 Å². The van der Waals surface area contributed by atoms with Crippen LogP contribution in [0.25, 0.3) is 10.8 Å². The smallest absolute Gasteiger partial charge is 0.409 e. The fourth-order valence-electron chi connectivity index (χ4n) is 8.24. The number of aliphatic hydroxyl groups excluding tert-OH is 2. The number of phenols is 2. The number of rotatable bonds is 4. The Kier molecular flexibility index (Phi) is 14.1. The van der Waals surface area contributed by atoms with Gasteiger partial charge in [-0.1, -0.05) is 45.9 Å². The summed E-state index contributed by atoms with van der Waals surface area (Å²) < 4.78 is 29.1. The van der Waals surface area contributed by atoms with Gasteiger partial charge in [0.05, 0.1) is 47.8 Å². The number of Topliss-reactive ketones (excluding diaryl/α,β-unsaturated/α-hetero) is 1. The fourth-order valence-corrected chi connectivity index (χ4v) is 8.24. The van der Waals surface area contributed by atoms with Crippen LogP contribution in [0.1, 0.15) is 71.3 Å². The minimum absolute atomic E-state index is 0.0273. The quantitative estimate of drug-likeness (QED) is 0.195. The molecule has 1 fully saturated rings. The number of fused-ring (bicyclic) bond motifs is 14. The van der Waals surface area contributed by atoms with Gasteiger partial charge >= 0.3 is 17.8 Å². The minimum Gasteiger partial charge on any atom is -0.507 e. The van der Waals surface area contributed by atoms with E-state index in [1.165, 1.54) is 52.4 Å². The first-order chi connectivity index (χ1) is 28.3. The molecule has 2 amide bonds. The molecule has 16 nitrogen and oxygen atoms in total. The molecule has 0 aliphatic carbocycles. The number of methoxy groups -OCH3 is 1. The van der Waals surface area contributed by atoms with Crippen molar-refractivity contribution in [3.63, 3.8) is 0 Å². The summed E-state index contributed by atoms with van der Waals surface area (Å²) in [5.74, 6) is -7.04. The van der Waals surface area contributed by atoms with Gasteiger partial charge in [0.25, 0.3) is 11.7 Å². The highest BCUT2D eigenvalue weighted by atomic mass is 16.7. The average Bonchev–Trinajstić information content (AvgIpc) is 3.48. The van der Waals surface area contributed by atoms with Crippen molar-refractivity contribution in [3.8, 4) is 17.2 Å². The van der Waals surface area contributed by atoms with E-state index in [9.17, 15) is 39.6 Å². The number of anilines is 2. The second-order valence-corrected chi connectivity index (χ2v) is 16.1. The van der Waals surface area contributed by atoms with E-state index in [-0.39, 0.29) is 77.4 Å². The summed E-state index contributed by atoms with van der Waals surface area (Å²) in [6, 6.07) is 1.52. The Balaban J connectivity index is 1.68. The van der Waals surface area contributed by atoms with Gasteiger partial charge in [0, 0.05) is 93.0 Å². The minimum atomic E-state index is -1.97. The van der Waals surface area contributed by atoms with Crippen LogP contribution < -0.4 is 15.0 Å². The lowest BCUT2D eigenvalue weighted by molar-refractivity contribution is -0.160. The second kappa shape index (κ2) is 18.5. The zero-order valence-corrected chi connectivity index (χ0v) is 36.0. The zero-order chi connectivity index (χ0) is 44.4. The first kappa shape index (κ1) is 45.8. The number of piperazine rings is 1. The molecule has 16 heteroatoms. The van der Waals surface area contributed by atoms with Gasteiger partial charge in [-0.2, -0.15) is 0 Å². The number of nitrogens with one attached hydrogen (secondary N) is 1. The molecule has 4 aliphatic heterocycles. The molecule has 0 radical (unpaired) electrons. The number of aliphatic hydroxyl groups is 2. The van der Waals surface area contributed by atoms with Crippen LogP contribution in [0, 0.1) is 30.6 Å². The van der Waals surface area contributed by atoms with Crippen LogP contribution >= 0.6 is 0 Å². The van der Waals surface area contributed by atoms with E-state index in [2.05, 4.69) is 5.32 Å². The number of allylic oxidation sites excluding steroid dienone is 2. The van der Waals surface area contributed by atoms with Gasteiger partial charge in [-0.05, 0) is 32.9 Å². The molecule has 2 aromatic carbocycles. The zero-order valence-electron chi connectivity index (χ0n) is 36.0. The van der Waals surface area contributed by atoms with Crippen LogP contribution in [0.15, 0.2) is 42.2 Å². The Morgan fingerprint density at radius 2 is 1.62 bits per heavy atom. The van der Waals surface area contributed by atoms with E-state index in [0.717, 1.165) is 0 Å². The lowest BCUT2D eigenvalue weighted by Crippen LogP contribution is -2.49. The molecule has 6 rings (SSSR count). The van der Waals surface area contributed by atoms with Gasteiger partial charge in [-0.25, -0.2) is 4.79 Å². The summed E-state index contributed by atoms with van der Waals surface area (Å²) in [6.07, 6.45) is 3.33. The van der Waals surface area contributed by atoms with Crippen molar-refractivity contribution >= 4 is 45.9 Å². The third-order valence-electron chi connectivity index (χ3n) is 12.0. The number of aromatic hydroxyl groups is 2. The SMILES string of the molecule is CCOC(=O)N1CCN(c2cc3c(O)c4c(O)c(C)c5c(c24)C(=O)[C@@](C)(O/C=C/[C@H](OC)[C@@H](C)[C@@H](OC(C)=O)[C@H](C)[C@H](O)[C@H](C)[C@@H](O)[C@@H](C)/C=C/C=C(/C)C(=O)N3)O5)CC1. The van der Waals surface area contributed by atoms with E-state index in [0.29, 0.717) is 5.69 Å². The molecule has 1 saturated heterocycles. The maximum absolute atomic E-state index is 14.6. The molecule has 0 unspecified atom stereocenters. The number of hydrogen-bond donors (Lipinski definition) is 5. The number of amides is 2. The molecular weight excluding hydrogens is 778 g/mol. The number of phenolic OH excluding ortho intramolecular Hbond substituents is 2. The van der Waals surface area contributed by atoms with E-state index in [1.54, 1.807) is 58.6 Å². The average molecular weight is 838 g/mol. The second-order valence-electron chi connectivity index (χ2n) is 16.1. The Morgan fingerprint density at radius 1 is 0.950 bits per heavy atom. The van der Waals surface area contributed by atoms with Crippen LogP contribution in [0.4, 0.5) is 16.2 Å². The van der Waals surface area contributed by atoms with Crippen LogP contribution in [-0.4, -0.2) is 119 Å². The largest absolute Gasteiger partial charge is 0.507 e. The van der Waals surface area contributed by atoms with Gasteiger partial charge in [0.1, 0.15) is 17.6 Å². The predicted octanol–water partition coefficient (Wildman–Crippen LogP) is 5.33. The molecule has 4 aliphatic rings. The van der Waals surface area contributed by atoms with Crippen molar-refractivity contribution < 1.29 is 63.3 Å². The van der Waals surface area contributed by atoms with E-state index >= 15 is 0 Å². The summed E-state index contributed by atoms with van der Waals surface area (Å²) in [7, 11) is 1.45. The molecule has 5 bridgehead atoms. The standard InChI is InChI=1S/C44H59N3O13/c1-11-57-43(55)47-18-16-46(17-19-47)30-21-29-38(52)33-32(30)34-40(27(7)37(33)51)60-44(9,41(34)53)58-20-15-31(56-10)24(4)39(59-28(8)48)26(6)36(50)25(5)35(49)22(2)13-12-14-23(3)42(54)45-29/h12-15,20-22,24-26,31,35-36,39,49-52H,11,16-19H2,1-10H3,(H,45,54)/b13-12+,20-15+,23-14-/t22-,24+,25+,26+,31-,35-,36+,39+,44-/m0/s1. The Morgan fingerprint density at radius 3 is 2.23 bits per heavy atom. The first-order valence-corrected chi connectivity index (χ1v) is 20.3. The monoisotopic (exact) mass is 837 g/mol. The molecule has 0 saturated carbocycles. The molecule has 4 heterocycles. The number of ether oxygens (including phenoxy) is 5. The number of carbonyl (C=O) groups is 4. The molecular formula is C44H59N3O13. The van der Waals surface area contributed by atoms with Crippen molar-refractivity contribution in [3.05, 3.63) is 53.3 Å². The highest BCUT2D eigenvalue weighted by Crippen LogP contribution is 2.54. The van der Waals surface area contributed by atoms with Gasteiger partial charge in [-0.15, -0.1) is 0 Å². The number of hydrogen-bond acceptors (Lipinski definition) is 14. The van der Waals surface area contributed by atoms with Crippen molar-refractivity contribution in [2.45, 2.75) is 92.5 Å². The molecule has 5 N–H and O–H groups in total. The molecule has 9 atom stereocenters. The maximum Gasteiger partial charge on any atom is 0.409 e. The molecule has 0 spiro atoms. The van der Waals surface area contributed by atoms with E-state index in [1.807, 2.05) is 4.90 Å². The lowest BCUT2D eigenvalue weighted by Gasteiger charge is -2.38. The fraction of sp³-hybridized carbons (Fsp3) is 0.545. The highest BCUT2D eigenvalue weighted by molar-refractivity contribution is 6.23. The topological polar surface area (TPSA) is 214 Å². The molecule has 328 valence electrons. The third-order valence-corrected chi connectivity index (χ3v) is 12.0. The Bertz CT molecular complexity index is 2070. The normalized spacial score (nSPS) is 31.2. The van der Waals surface area contributed by atoms with Crippen LogP contribution in [0.5, 0.6) is 17.2 Å². The van der Waals surface area contributed by atoms with Crippen molar-refractivity contribution in [2.24, 2.45) is 23.7 Å². The molecule has 2 aromatic rings. The van der Waals surface area contributed by atoms with Crippen LogP contribution in [0.3, 0.4) is 0 Å². The van der Waals surface area contributed by atoms with Crippen molar-refractivity contribution in [2.75, 3.05) is 50.1 Å². The van der Waals surface area contributed by atoms with Gasteiger partial charge < -0.3 is 59.2 Å². The van der Waals surface area contributed by atoms with Crippen LogP contribution in [-0.2, 0) is 28.5 Å².